The number of rotatable bonds is 6. The summed E-state index contributed by atoms with van der Waals surface area (Å²) in [6, 6.07) is 15.8. The van der Waals surface area contributed by atoms with Crippen LogP contribution in [0.2, 0.25) is 0 Å². The summed E-state index contributed by atoms with van der Waals surface area (Å²) in [5.41, 5.74) is 14.1. The summed E-state index contributed by atoms with van der Waals surface area (Å²) in [6.45, 7) is 0. The Balaban J connectivity index is 1.42. The molecule has 0 spiro atoms. The van der Waals surface area contributed by atoms with Crippen LogP contribution in [0.15, 0.2) is 70.7 Å². The van der Waals surface area contributed by atoms with Gasteiger partial charge >= 0.3 is 0 Å². The first-order chi connectivity index (χ1) is 17.5. The fourth-order valence-corrected chi connectivity index (χ4v) is 5.29. The van der Waals surface area contributed by atoms with Gasteiger partial charge in [-0.25, -0.2) is 4.98 Å². The molecule has 5 rings (SSSR count). The van der Waals surface area contributed by atoms with E-state index in [0.29, 0.717) is 32.8 Å². The molecule has 0 bridgehead atoms. The Hall–Kier alpha value is -4.72. The Morgan fingerprint density at radius 2 is 1.92 bits per heavy atom. The highest BCUT2D eigenvalue weighted by atomic mass is 32.1. The maximum atomic E-state index is 13.1. The molecule has 1 aromatic carbocycles. The maximum Gasteiger partial charge on any atom is 0.267 e. The van der Waals surface area contributed by atoms with Gasteiger partial charge in [-0.05, 0) is 60.0 Å². The molecule has 0 saturated heterocycles. The number of ketones is 1. The predicted molar refractivity (Wildman–Crippen MR) is 143 cm³/mol. The Labute approximate surface area is 213 Å². The molecule has 0 aliphatic heterocycles. The van der Waals surface area contributed by atoms with Crippen molar-refractivity contribution in [3.63, 3.8) is 0 Å². The van der Waals surface area contributed by atoms with Crippen LogP contribution in [-0.4, -0.2) is 16.7 Å². The van der Waals surface area contributed by atoms with Crippen LogP contribution in [-0.2, 0) is 0 Å². The number of furan rings is 1. The zero-order valence-corrected chi connectivity index (χ0v) is 20.2. The molecule has 8 nitrogen and oxygen atoms in total. The minimum absolute atomic E-state index is 0.0259. The molecule has 0 fully saturated rings. The van der Waals surface area contributed by atoms with E-state index in [1.807, 2.05) is 17.5 Å². The summed E-state index contributed by atoms with van der Waals surface area (Å²) in [5.74, 6) is -0.166. The molecule has 4 aromatic heterocycles. The van der Waals surface area contributed by atoms with Gasteiger partial charge in [0, 0.05) is 21.5 Å². The van der Waals surface area contributed by atoms with Crippen LogP contribution < -0.4 is 16.8 Å². The van der Waals surface area contributed by atoms with Crippen LogP contribution in [0, 0.1) is 11.3 Å². The number of pyridine rings is 1. The number of thiophene rings is 2. The van der Waals surface area contributed by atoms with E-state index in [4.69, 9.17) is 15.9 Å². The Kier molecular flexibility index (Phi) is 6.08. The van der Waals surface area contributed by atoms with Crippen molar-refractivity contribution >= 4 is 67.8 Å². The van der Waals surface area contributed by atoms with E-state index in [-0.39, 0.29) is 27.7 Å². The maximum absolute atomic E-state index is 13.1. The lowest BCUT2D eigenvalue weighted by Crippen LogP contribution is -2.12. The number of hydrogen-bond donors (Lipinski definition) is 3. The number of carbonyl (C=O) groups is 2. The van der Waals surface area contributed by atoms with Crippen molar-refractivity contribution in [3.8, 4) is 17.4 Å². The number of nitrogens with zero attached hydrogens (tertiary/aromatic N) is 2. The van der Waals surface area contributed by atoms with E-state index in [1.54, 1.807) is 53.8 Å². The van der Waals surface area contributed by atoms with Crippen molar-refractivity contribution in [1.29, 1.82) is 5.26 Å². The summed E-state index contributed by atoms with van der Waals surface area (Å²) >= 11 is 2.61. The molecule has 4 heterocycles. The monoisotopic (exact) mass is 511 g/mol. The highest BCUT2D eigenvalue weighted by Crippen LogP contribution is 2.42. The molecule has 0 saturated carbocycles. The van der Waals surface area contributed by atoms with Crippen molar-refractivity contribution in [2.75, 3.05) is 16.8 Å². The largest absolute Gasteiger partial charge is 0.464 e. The second-order valence-corrected chi connectivity index (χ2v) is 9.58. The quantitative estimate of drug-likeness (QED) is 0.193. The second kappa shape index (κ2) is 9.50. The lowest BCUT2D eigenvalue weighted by Gasteiger charge is -2.07. The van der Waals surface area contributed by atoms with Gasteiger partial charge in [-0.3, -0.25) is 9.59 Å². The summed E-state index contributed by atoms with van der Waals surface area (Å²) in [4.78, 5) is 31.4. The van der Waals surface area contributed by atoms with E-state index in [9.17, 15) is 14.9 Å². The number of nitrogens with one attached hydrogen (secondary N) is 1. The normalized spacial score (nSPS) is 11.1. The molecule has 10 heteroatoms. The van der Waals surface area contributed by atoms with Crippen molar-refractivity contribution in [2.45, 2.75) is 0 Å². The van der Waals surface area contributed by atoms with Crippen LogP contribution in [0.25, 0.3) is 27.6 Å². The van der Waals surface area contributed by atoms with Crippen LogP contribution >= 0.6 is 22.7 Å². The van der Waals surface area contributed by atoms with Crippen LogP contribution in [0.4, 0.5) is 17.2 Å². The number of benzene rings is 1. The predicted octanol–water partition coefficient (Wildman–Crippen LogP) is 5.80. The molecule has 0 aliphatic carbocycles. The molecule has 0 aliphatic rings. The molecule has 176 valence electrons. The molecular formula is C26H17N5O3S2. The molecule has 0 radical (unpaired) electrons. The fourth-order valence-electron chi connectivity index (χ4n) is 3.66. The third-order valence-corrected chi connectivity index (χ3v) is 7.30. The lowest BCUT2D eigenvalue weighted by molar-refractivity contribution is 0.102. The first kappa shape index (κ1) is 23.0. The number of fused-ring (bicyclic) bond motifs is 1. The molecule has 5 aromatic rings. The first-order valence-corrected chi connectivity index (χ1v) is 12.3. The van der Waals surface area contributed by atoms with Gasteiger partial charge in [0.15, 0.2) is 5.78 Å². The van der Waals surface area contributed by atoms with E-state index in [1.165, 1.54) is 12.3 Å². The van der Waals surface area contributed by atoms with Gasteiger partial charge in [0.25, 0.3) is 5.91 Å². The van der Waals surface area contributed by atoms with Crippen molar-refractivity contribution < 1.29 is 14.0 Å². The zero-order valence-electron chi connectivity index (χ0n) is 18.5. The van der Waals surface area contributed by atoms with Gasteiger partial charge < -0.3 is 21.2 Å². The summed E-state index contributed by atoms with van der Waals surface area (Å²) in [5, 5.41) is 14.8. The number of hydrogen-bond acceptors (Lipinski definition) is 9. The van der Waals surface area contributed by atoms with Gasteiger partial charge in [0.1, 0.15) is 32.9 Å². The van der Waals surface area contributed by atoms with Gasteiger partial charge in [0.2, 0.25) is 0 Å². The van der Waals surface area contributed by atoms with Crippen molar-refractivity contribution in [1.82, 2.24) is 4.98 Å². The van der Waals surface area contributed by atoms with Gasteiger partial charge in [-0.2, -0.15) is 5.26 Å². The van der Waals surface area contributed by atoms with Crippen molar-refractivity contribution in [2.24, 2.45) is 0 Å². The molecule has 1 amide bonds. The number of aromatic nitrogens is 1. The average Bonchev–Trinajstić information content (AvgIpc) is 3.64. The van der Waals surface area contributed by atoms with E-state index >= 15 is 0 Å². The third-order valence-electron chi connectivity index (χ3n) is 5.36. The van der Waals surface area contributed by atoms with Gasteiger partial charge in [-0.1, -0.05) is 6.07 Å². The second-order valence-electron chi connectivity index (χ2n) is 7.61. The van der Waals surface area contributed by atoms with E-state index in [2.05, 4.69) is 16.4 Å². The lowest BCUT2D eigenvalue weighted by atomic mass is 10.0. The average molecular weight is 512 g/mol. The Bertz CT molecular complexity index is 1660. The summed E-state index contributed by atoms with van der Waals surface area (Å²) < 4.78 is 5.50. The minimum atomic E-state index is -0.449. The summed E-state index contributed by atoms with van der Waals surface area (Å²) in [6.07, 6.45) is 4.76. The molecule has 36 heavy (non-hydrogen) atoms. The fraction of sp³-hybridized carbons (Fsp3) is 0. The number of carbonyl (C=O) groups excluding carboxylic acids is 2. The topological polar surface area (TPSA) is 148 Å². The Morgan fingerprint density at radius 1 is 1.11 bits per heavy atom. The smallest absolute Gasteiger partial charge is 0.267 e. The van der Waals surface area contributed by atoms with Crippen LogP contribution in [0.5, 0.6) is 0 Å². The highest BCUT2D eigenvalue weighted by molar-refractivity contribution is 7.21. The number of nitrogen functional groups attached to an aromatic ring is 2. The van der Waals surface area contributed by atoms with Gasteiger partial charge in [0.05, 0.1) is 17.5 Å². The van der Waals surface area contributed by atoms with Crippen LogP contribution in [0.3, 0.4) is 0 Å². The van der Waals surface area contributed by atoms with Gasteiger partial charge in [-0.15, -0.1) is 22.7 Å². The molecule has 5 N–H and O–H groups in total. The molecular weight excluding hydrogens is 494 g/mol. The number of amides is 1. The third kappa shape index (κ3) is 4.24. The zero-order chi connectivity index (χ0) is 25.2. The SMILES string of the molecule is N#Cc1c(N)nc2sc(C(=O)Nc3ccc(C(=O)/C=C/c4cccs4)cc3)c(N)c2c1-c1ccco1. The standard InChI is InChI=1S/C26H17N5O3S2/c27-13-17-20(19-4-1-11-34-19)21-22(28)23(36-26(21)31-24(17)29)25(33)30-15-7-5-14(6-8-15)18(32)10-9-16-3-2-12-35-16/h1-12H,28H2,(H2,29,31)(H,30,33)/b10-9+. The molecule has 0 atom stereocenters. The van der Waals surface area contributed by atoms with Crippen LogP contribution in [0.1, 0.15) is 30.5 Å². The number of nitriles is 1. The Morgan fingerprint density at radius 3 is 2.58 bits per heavy atom. The highest BCUT2D eigenvalue weighted by Gasteiger charge is 2.25. The molecule has 0 unspecified atom stereocenters. The number of allylic oxidation sites excluding steroid dienone is 1. The number of anilines is 3. The minimum Gasteiger partial charge on any atom is -0.464 e. The van der Waals surface area contributed by atoms with Crippen molar-refractivity contribution in [3.05, 3.63) is 87.1 Å². The first-order valence-electron chi connectivity index (χ1n) is 10.6. The van der Waals surface area contributed by atoms with E-state index < -0.39 is 5.91 Å². The van der Waals surface area contributed by atoms with E-state index in [0.717, 1.165) is 16.2 Å². The number of nitrogens with two attached hydrogens (primary N) is 2. The summed E-state index contributed by atoms with van der Waals surface area (Å²) in [7, 11) is 0.